The number of ether oxygens (including phenoxy) is 1. The molecule has 2 aromatic heterocycles. The van der Waals surface area contributed by atoms with Crippen LogP contribution >= 0.6 is 11.3 Å². The molecule has 0 bridgehead atoms. The minimum absolute atomic E-state index is 0.130. The van der Waals surface area contributed by atoms with Crippen LogP contribution in [0.25, 0.3) is 11.3 Å². The summed E-state index contributed by atoms with van der Waals surface area (Å²) in [5.41, 5.74) is 2.33. The maximum atomic E-state index is 13.7. The zero-order chi connectivity index (χ0) is 28.2. The molecule has 10 nitrogen and oxygen atoms in total. The van der Waals surface area contributed by atoms with Gasteiger partial charge in [-0.15, -0.1) is 11.3 Å². The number of benzene rings is 2. The molecular weight excluding hydrogens is 530 g/mol. The van der Waals surface area contributed by atoms with E-state index in [4.69, 9.17) is 4.74 Å². The molecular formula is C29H31N5O5S. The van der Waals surface area contributed by atoms with Crippen molar-refractivity contribution in [2.75, 3.05) is 36.5 Å². The molecule has 2 aromatic carbocycles. The molecule has 1 aliphatic heterocycles. The van der Waals surface area contributed by atoms with Crippen molar-refractivity contribution in [1.29, 1.82) is 0 Å². The first-order valence-electron chi connectivity index (χ1n) is 13.2. The van der Waals surface area contributed by atoms with Gasteiger partial charge in [-0.3, -0.25) is 9.59 Å². The summed E-state index contributed by atoms with van der Waals surface area (Å²) in [5.74, 6) is -1.50. The first kappa shape index (κ1) is 27.4. The zero-order valence-corrected chi connectivity index (χ0v) is 23.1. The summed E-state index contributed by atoms with van der Waals surface area (Å²) in [7, 11) is 0. The van der Waals surface area contributed by atoms with E-state index in [1.807, 2.05) is 61.5 Å². The van der Waals surface area contributed by atoms with E-state index in [1.165, 1.54) is 0 Å². The molecule has 1 aliphatic rings. The number of nitrogens with one attached hydrogen (secondary N) is 2. The number of hydrogen-bond acceptors (Lipinski definition) is 8. The molecule has 1 saturated heterocycles. The van der Waals surface area contributed by atoms with E-state index in [0.29, 0.717) is 25.2 Å². The van der Waals surface area contributed by atoms with Gasteiger partial charge >= 0.3 is 5.69 Å². The molecule has 5 rings (SSSR count). The third kappa shape index (κ3) is 5.56. The van der Waals surface area contributed by atoms with Gasteiger partial charge < -0.3 is 25.0 Å². The first-order chi connectivity index (χ1) is 19.4. The number of aromatic hydroxyl groups is 1. The number of aromatic nitrogens is 3. The highest BCUT2D eigenvalue weighted by Crippen LogP contribution is 2.36. The number of H-pyrrole nitrogens is 1. The summed E-state index contributed by atoms with van der Waals surface area (Å²) in [6.07, 6.45) is 0.299. The summed E-state index contributed by atoms with van der Waals surface area (Å²) in [5, 5.41) is 15.9. The highest BCUT2D eigenvalue weighted by atomic mass is 32.1. The van der Waals surface area contributed by atoms with E-state index in [9.17, 15) is 19.5 Å². The third-order valence-corrected chi connectivity index (χ3v) is 7.88. The number of thiazole rings is 1. The van der Waals surface area contributed by atoms with Crippen molar-refractivity contribution in [2.24, 2.45) is 0 Å². The number of anilines is 2. The fourth-order valence-corrected chi connectivity index (χ4v) is 5.60. The summed E-state index contributed by atoms with van der Waals surface area (Å²) in [6, 6.07) is 15.7. The average molecular weight is 562 g/mol. The summed E-state index contributed by atoms with van der Waals surface area (Å²) < 4.78 is 6.51. The number of aromatic amines is 1. The second-order valence-electron chi connectivity index (χ2n) is 9.59. The van der Waals surface area contributed by atoms with Crippen molar-refractivity contribution in [3.05, 3.63) is 81.7 Å². The molecule has 2 atom stereocenters. The maximum absolute atomic E-state index is 13.7. The van der Waals surface area contributed by atoms with E-state index in [-0.39, 0.29) is 28.2 Å². The van der Waals surface area contributed by atoms with Gasteiger partial charge in [0.1, 0.15) is 17.4 Å². The number of Topliss-reactive ketones (excluding diaryl/α,β-unsaturated/α-hetero) is 1. The number of ketones is 1. The normalized spacial score (nSPS) is 15.0. The van der Waals surface area contributed by atoms with Crippen LogP contribution in [-0.2, 0) is 9.53 Å². The van der Waals surface area contributed by atoms with Gasteiger partial charge in [0.2, 0.25) is 11.8 Å². The number of rotatable bonds is 9. The van der Waals surface area contributed by atoms with Crippen LogP contribution < -0.4 is 15.9 Å². The largest absolute Gasteiger partial charge is 0.493 e. The van der Waals surface area contributed by atoms with Gasteiger partial charge in [-0.1, -0.05) is 56.3 Å². The Morgan fingerprint density at radius 1 is 1.12 bits per heavy atom. The SMILES string of the molecule is CCC(=O)c1csc(NC(=O)[C@H]([C@@H](C)c2ccccc2)n2c(O)c(-c3ccc(N4CCOCC4)cc3)[nH]c2=O)n1. The Bertz CT molecular complexity index is 1540. The molecule has 4 aromatic rings. The van der Waals surface area contributed by atoms with Crippen LogP contribution in [0, 0.1) is 0 Å². The number of hydrogen-bond donors (Lipinski definition) is 3. The minimum atomic E-state index is -1.11. The van der Waals surface area contributed by atoms with E-state index < -0.39 is 23.6 Å². The Kier molecular flexibility index (Phi) is 8.13. The van der Waals surface area contributed by atoms with Gasteiger partial charge in [0, 0.05) is 42.1 Å². The van der Waals surface area contributed by atoms with E-state index in [1.54, 1.807) is 12.3 Å². The van der Waals surface area contributed by atoms with E-state index in [0.717, 1.165) is 40.2 Å². The molecule has 11 heteroatoms. The lowest BCUT2D eigenvalue weighted by Crippen LogP contribution is -2.36. The van der Waals surface area contributed by atoms with Crippen molar-refractivity contribution in [1.82, 2.24) is 14.5 Å². The lowest BCUT2D eigenvalue weighted by atomic mass is 9.92. The maximum Gasteiger partial charge on any atom is 0.329 e. The standard InChI is InChI=1S/C29H31N5O5S/c1-3-23(35)22-17-40-28(30-22)32-26(36)25(18(2)19-7-5-4-6-8-19)34-27(37)24(31-29(34)38)20-9-11-21(12-10-20)33-13-15-39-16-14-33/h4-12,17-18,25,37H,3,13-16H2,1-2H3,(H,31,38)(H,30,32,36)/t18-,25-/m0/s1. The van der Waals surface area contributed by atoms with Gasteiger partial charge in [-0.05, 0) is 17.7 Å². The third-order valence-electron chi connectivity index (χ3n) is 7.12. The molecule has 1 fully saturated rings. The molecule has 0 radical (unpaired) electrons. The van der Waals surface area contributed by atoms with Gasteiger partial charge in [0.05, 0.1) is 13.2 Å². The predicted molar refractivity (Wildman–Crippen MR) is 154 cm³/mol. The second-order valence-corrected chi connectivity index (χ2v) is 10.5. The van der Waals surface area contributed by atoms with Crippen LogP contribution in [-0.4, -0.2) is 57.6 Å². The molecule has 1 amide bonds. The van der Waals surface area contributed by atoms with Crippen LogP contribution in [0.4, 0.5) is 10.8 Å². The first-order valence-corrected chi connectivity index (χ1v) is 14.1. The smallest absolute Gasteiger partial charge is 0.329 e. The monoisotopic (exact) mass is 561 g/mol. The lowest BCUT2D eigenvalue weighted by Gasteiger charge is -2.28. The quantitative estimate of drug-likeness (QED) is 0.258. The van der Waals surface area contributed by atoms with Crippen molar-refractivity contribution in [3.63, 3.8) is 0 Å². The van der Waals surface area contributed by atoms with Crippen molar-refractivity contribution in [3.8, 4) is 17.1 Å². The van der Waals surface area contributed by atoms with Crippen LogP contribution in [0.5, 0.6) is 5.88 Å². The van der Waals surface area contributed by atoms with Gasteiger partial charge in [-0.2, -0.15) is 0 Å². The zero-order valence-electron chi connectivity index (χ0n) is 22.3. The summed E-state index contributed by atoms with van der Waals surface area (Å²) in [6.45, 7) is 6.48. The number of nitrogens with zero attached hydrogens (tertiary/aromatic N) is 3. The fourth-order valence-electron chi connectivity index (χ4n) is 4.89. The van der Waals surface area contributed by atoms with Crippen molar-refractivity contribution >= 4 is 33.8 Å². The Morgan fingerprint density at radius 2 is 1.82 bits per heavy atom. The number of carbonyl (C=O) groups is 2. The molecule has 3 heterocycles. The Balaban J connectivity index is 1.49. The number of imidazole rings is 1. The predicted octanol–water partition coefficient (Wildman–Crippen LogP) is 4.42. The summed E-state index contributed by atoms with van der Waals surface area (Å²) >= 11 is 1.13. The molecule has 40 heavy (non-hydrogen) atoms. The van der Waals surface area contributed by atoms with E-state index >= 15 is 0 Å². The average Bonchev–Trinajstić information content (AvgIpc) is 3.57. The molecule has 3 N–H and O–H groups in total. The van der Waals surface area contributed by atoms with Crippen LogP contribution in [0.15, 0.2) is 64.8 Å². The minimum Gasteiger partial charge on any atom is -0.493 e. The second kappa shape index (κ2) is 11.9. The Morgan fingerprint density at radius 3 is 2.50 bits per heavy atom. The molecule has 0 saturated carbocycles. The molecule has 0 unspecified atom stereocenters. The van der Waals surface area contributed by atoms with Gasteiger partial charge in [-0.25, -0.2) is 14.3 Å². The Hall–Kier alpha value is -4.22. The topological polar surface area (TPSA) is 130 Å². The van der Waals surface area contributed by atoms with Crippen LogP contribution in [0.1, 0.15) is 48.3 Å². The molecule has 0 spiro atoms. The highest BCUT2D eigenvalue weighted by molar-refractivity contribution is 7.14. The fraction of sp³-hybridized carbons (Fsp3) is 0.310. The summed E-state index contributed by atoms with van der Waals surface area (Å²) in [4.78, 5) is 48.3. The van der Waals surface area contributed by atoms with Crippen molar-refractivity contribution < 1.29 is 19.4 Å². The molecule has 208 valence electrons. The van der Waals surface area contributed by atoms with Crippen LogP contribution in [0.2, 0.25) is 0 Å². The lowest BCUT2D eigenvalue weighted by molar-refractivity contribution is -0.120. The van der Waals surface area contributed by atoms with Crippen LogP contribution in [0.3, 0.4) is 0 Å². The van der Waals surface area contributed by atoms with Gasteiger partial charge in [0.15, 0.2) is 10.9 Å². The van der Waals surface area contributed by atoms with E-state index in [2.05, 4.69) is 20.2 Å². The van der Waals surface area contributed by atoms with Crippen molar-refractivity contribution in [2.45, 2.75) is 32.2 Å². The Labute approximate surface area is 235 Å². The highest BCUT2D eigenvalue weighted by Gasteiger charge is 2.34. The number of carbonyl (C=O) groups excluding carboxylic acids is 2. The number of morpholine rings is 1. The number of amides is 1. The van der Waals surface area contributed by atoms with Gasteiger partial charge in [0.25, 0.3) is 0 Å². The molecule has 0 aliphatic carbocycles.